The van der Waals surface area contributed by atoms with Crippen LogP contribution in [0.3, 0.4) is 0 Å². The molecule has 0 atom stereocenters. The monoisotopic (exact) mass is 306 g/mol. The number of fused-ring (bicyclic) bond motifs is 1. The van der Waals surface area contributed by atoms with Crippen molar-refractivity contribution in [2.75, 3.05) is 7.11 Å². The maximum atomic E-state index is 12.2. The van der Waals surface area contributed by atoms with Gasteiger partial charge in [0, 0.05) is 4.70 Å². The van der Waals surface area contributed by atoms with Gasteiger partial charge in [-0.05, 0) is 22.4 Å². The van der Waals surface area contributed by atoms with Crippen molar-refractivity contribution in [3.8, 4) is 5.75 Å². The summed E-state index contributed by atoms with van der Waals surface area (Å²) in [6, 6.07) is 8.10. The van der Waals surface area contributed by atoms with Crippen molar-refractivity contribution < 1.29 is 4.74 Å². The Balaban J connectivity index is 2.06. The molecule has 3 aromatic rings. The molecule has 0 unspecified atom stereocenters. The number of rotatable bonds is 3. The summed E-state index contributed by atoms with van der Waals surface area (Å²) in [6.45, 7) is 0.448. The number of aromatic nitrogens is 2. The van der Waals surface area contributed by atoms with E-state index in [0.29, 0.717) is 6.54 Å². The number of thiophene rings is 1. The Hall–Kier alpha value is -1.85. The molecule has 0 saturated carbocycles. The molecule has 0 N–H and O–H groups in total. The third-order valence-corrected chi connectivity index (χ3v) is 4.34. The molecule has 0 aliphatic carbocycles. The van der Waals surface area contributed by atoms with Gasteiger partial charge < -0.3 is 4.74 Å². The van der Waals surface area contributed by atoms with Crippen molar-refractivity contribution in [3.63, 3.8) is 0 Å². The fourth-order valence-electron chi connectivity index (χ4n) is 2.07. The van der Waals surface area contributed by atoms with Crippen LogP contribution in [0.4, 0.5) is 0 Å². The van der Waals surface area contributed by atoms with Crippen LogP contribution in [0, 0.1) is 0 Å². The molecule has 102 valence electrons. The lowest BCUT2D eigenvalue weighted by Crippen LogP contribution is -2.22. The first-order valence-corrected chi connectivity index (χ1v) is 7.20. The van der Waals surface area contributed by atoms with Crippen LogP contribution in [0.2, 0.25) is 5.15 Å². The van der Waals surface area contributed by atoms with Gasteiger partial charge in [0.15, 0.2) is 5.15 Å². The van der Waals surface area contributed by atoms with Gasteiger partial charge in [0.25, 0.3) is 5.56 Å². The lowest BCUT2D eigenvalue weighted by atomic mass is 10.2. The van der Waals surface area contributed by atoms with Crippen LogP contribution >= 0.6 is 22.9 Å². The number of ether oxygens (including phenoxy) is 1. The van der Waals surface area contributed by atoms with E-state index in [1.807, 2.05) is 18.2 Å². The van der Waals surface area contributed by atoms with Crippen LogP contribution in [0.25, 0.3) is 10.1 Å². The first kappa shape index (κ1) is 13.1. The predicted octanol–water partition coefficient (Wildman–Crippen LogP) is 3.17. The summed E-state index contributed by atoms with van der Waals surface area (Å²) < 4.78 is 7.70. The number of methoxy groups -OCH3 is 1. The zero-order valence-electron chi connectivity index (χ0n) is 10.7. The Morgan fingerprint density at radius 2 is 2.20 bits per heavy atom. The minimum Gasteiger partial charge on any atom is -0.489 e. The molecular formula is C14H11ClN2O2S. The van der Waals surface area contributed by atoms with E-state index in [9.17, 15) is 4.79 Å². The first-order chi connectivity index (χ1) is 9.70. The average molecular weight is 307 g/mol. The molecule has 0 aliphatic rings. The molecule has 0 spiro atoms. The SMILES string of the molecule is COc1c(Cl)ncn(Cc2csc3ccccc23)c1=O. The lowest BCUT2D eigenvalue weighted by Gasteiger charge is -2.07. The number of benzene rings is 1. The molecule has 3 rings (SSSR count). The summed E-state index contributed by atoms with van der Waals surface area (Å²) in [7, 11) is 1.41. The molecule has 20 heavy (non-hydrogen) atoms. The fourth-order valence-corrected chi connectivity index (χ4v) is 3.23. The maximum Gasteiger partial charge on any atom is 0.297 e. The Morgan fingerprint density at radius 3 is 3.00 bits per heavy atom. The van der Waals surface area contributed by atoms with Crippen molar-refractivity contribution in [2.24, 2.45) is 0 Å². The Morgan fingerprint density at radius 1 is 1.40 bits per heavy atom. The lowest BCUT2D eigenvalue weighted by molar-refractivity contribution is 0.401. The smallest absolute Gasteiger partial charge is 0.297 e. The highest BCUT2D eigenvalue weighted by atomic mass is 35.5. The van der Waals surface area contributed by atoms with Crippen LogP contribution in [0.15, 0.2) is 40.8 Å². The zero-order chi connectivity index (χ0) is 14.1. The van der Waals surface area contributed by atoms with Gasteiger partial charge in [-0.25, -0.2) is 4.98 Å². The van der Waals surface area contributed by atoms with Gasteiger partial charge in [-0.3, -0.25) is 9.36 Å². The van der Waals surface area contributed by atoms with Gasteiger partial charge in [-0.15, -0.1) is 11.3 Å². The quantitative estimate of drug-likeness (QED) is 0.698. The topological polar surface area (TPSA) is 44.1 Å². The largest absolute Gasteiger partial charge is 0.489 e. The van der Waals surface area contributed by atoms with E-state index in [1.165, 1.54) is 22.7 Å². The number of hydrogen-bond donors (Lipinski definition) is 0. The van der Waals surface area contributed by atoms with Gasteiger partial charge in [0.2, 0.25) is 5.75 Å². The average Bonchev–Trinajstić information content (AvgIpc) is 2.86. The van der Waals surface area contributed by atoms with E-state index in [-0.39, 0.29) is 16.5 Å². The van der Waals surface area contributed by atoms with Crippen LogP contribution in [-0.4, -0.2) is 16.7 Å². The van der Waals surface area contributed by atoms with E-state index in [4.69, 9.17) is 16.3 Å². The highest BCUT2D eigenvalue weighted by Crippen LogP contribution is 2.26. The summed E-state index contributed by atoms with van der Waals surface area (Å²) in [4.78, 5) is 16.2. The summed E-state index contributed by atoms with van der Waals surface area (Å²) in [5.74, 6) is 0.0775. The van der Waals surface area contributed by atoms with Crippen LogP contribution in [0.5, 0.6) is 5.75 Å². The number of hydrogen-bond acceptors (Lipinski definition) is 4. The zero-order valence-corrected chi connectivity index (χ0v) is 12.2. The second kappa shape index (κ2) is 5.26. The summed E-state index contributed by atoms with van der Waals surface area (Å²) >= 11 is 7.49. The minimum absolute atomic E-state index is 0.0775. The molecule has 1 aromatic carbocycles. The second-order valence-electron chi connectivity index (χ2n) is 4.26. The van der Waals surface area contributed by atoms with Crippen molar-refractivity contribution in [1.82, 2.24) is 9.55 Å². The van der Waals surface area contributed by atoms with E-state index >= 15 is 0 Å². The van der Waals surface area contributed by atoms with Crippen molar-refractivity contribution >= 4 is 33.0 Å². The van der Waals surface area contributed by atoms with Gasteiger partial charge in [0.1, 0.15) is 0 Å². The standard InChI is InChI=1S/C14H11ClN2O2S/c1-19-12-13(15)16-8-17(14(12)18)6-9-7-20-11-5-3-2-4-10(9)11/h2-5,7-8H,6H2,1H3. The normalized spacial score (nSPS) is 10.9. The number of halogens is 1. The summed E-state index contributed by atoms with van der Waals surface area (Å²) in [5.41, 5.74) is 0.807. The Bertz CT molecular complexity index is 825. The maximum absolute atomic E-state index is 12.2. The molecule has 4 nitrogen and oxygen atoms in total. The Labute approximate surface area is 124 Å². The summed E-state index contributed by atoms with van der Waals surface area (Å²) in [5, 5.41) is 3.29. The third kappa shape index (κ3) is 2.19. The van der Waals surface area contributed by atoms with Gasteiger partial charge >= 0.3 is 0 Å². The highest BCUT2D eigenvalue weighted by Gasteiger charge is 2.12. The molecule has 0 aliphatic heterocycles. The third-order valence-electron chi connectivity index (χ3n) is 3.06. The van der Waals surface area contributed by atoms with Crippen LogP contribution in [0.1, 0.15) is 5.56 Å². The molecule has 0 bridgehead atoms. The molecular weight excluding hydrogens is 296 g/mol. The molecule has 0 fully saturated rings. The van der Waals surface area contributed by atoms with Gasteiger partial charge in [0.05, 0.1) is 20.0 Å². The summed E-state index contributed by atoms with van der Waals surface area (Å²) in [6.07, 6.45) is 1.44. The molecule has 2 aromatic heterocycles. The van der Waals surface area contributed by atoms with Crippen LogP contribution in [-0.2, 0) is 6.54 Å². The number of nitrogens with zero attached hydrogens (tertiary/aromatic N) is 2. The van der Waals surface area contributed by atoms with E-state index < -0.39 is 0 Å². The fraction of sp³-hybridized carbons (Fsp3) is 0.143. The van der Waals surface area contributed by atoms with Crippen LogP contribution < -0.4 is 10.3 Å². The van der Waals surface area contributed by atoms with Crippen molar-refractivity contribution in [3.05, 3.63) is 57.0 Å². The molecule has 0 saturated heterocycles. The van der Waals surface area contributed by atoms with Gasteiger partial charge in [-0.2, -0.15) is 0 Å². The second-order valence-corrected chi connectivity index (χ2v) is 5.53. The molecule has 0 radical (unpaired) electrons. The molecule has 2 heterocycles. The van der Waals surface area contributed by atoms with Gasteiger partial charge in [-0.1, -0.05) is 29.8 Å². The highest BCUT2D eigenvalue weighted by molar-refractivity contribution is 7.17. The van der Waals surface area contributed by atoms with Crippen molar-refractivity contribution in [2.45, 2.75) is 6.54 Å². The first-order valence-electron chi connectivity index (χ1n) is 5.94. The molecule has 6 heteroatoms. The molecule has 0 amide bonds. The predicted molar refractivity (Wildman–Crippen MR) is 81.0 cm³/mol. The van der Waals surface area contributed by atoms with E-state index in [2.05, 4.69) is 16.4 Å². The minimum atomic E-state index is -0.275. The van der Waals surface area contributed by atoms with Crippen molar-refractivity contribution in [1.29, 1.82) is 0 Å². The van der Waals surface area contributed by atoms with E-state index in [1.54, 1.807) is 11.3 Å². The van der Waals surface area contributed by atoms with E-state index in [0.717, 1.165) is 10.9 Å². The Kier molecular flexibility index (Phi) is 3.46.